The lowest BCUT2D eigenvalue weighted by molar-refractivity contribution is 0.513. The van der Waals surface area contributed by atoms with Crippen LogP contribution in [-0.4, -0.2) is 4.98 Å². The molecule has 0 bridgehead atoms. The van der Waals surface area contributed by atoms with Gasteiger partial charge in [-0.15, -0.1) is 0 Å². The van der Waals surface area contributed by atoms with Crippen LogP contribution in [0.4, 0.5) is 8.78 Å². The maximum Gasteiger partial charge on any atom is 0.196 e. The summed E-state index contributed by atoms with van der Waals surface area (Å²) in [6.07, 6.45) is 0. The summed E-state index contributed by atoms with van der Waals surface area (Å²) >= 11 is 5.37. The van der Waals surface area contributed by atoms with E-state index in [2.05, 4.69) is 4.98 Å². The minimum absolute atomic E-state index is 0.143. The molecule has 0 radical (unpaired) electrons. The number of nitrogens with zero attached hydrogens (tertiary/aromatic N) is 1. The minimum Gasteiger partial charge on any atom is -0.233 e. The maximum atomic E-state index is 13.2. The van der Waals surface area contributed by atoms with Gasteiger partial charge in [-0.05, 0) is 12.1 Å². The Kier molecular flexibility index (Phi) is 1.88. The van der Waals surface area contributed by atoms with E-state index >= 15 is 0 Å². The van der Waals surface area contributed by atoms with E-state index in [1.165, 1.54) is 6.07 Å². The first-order chi connectivity index (χ1) is 6.20. The van der Waals surface area contributed by atoms with Crippen molar-refractivity contribution in [1.29, 1.82) is 0 Å². The first kappa shape index (κ1) is 8.38. The summed E-state index contributed by atoms with van der Waals surface area (Å²) in [6.45, 7) is 0. The van der Waals surface area contributed by atoms with Crippen LogP contribution in [0.25, 0.3) is 10.9 Å². The van der Waals surface area contributed by atoms with Gasteiger partial charge in [0, 0.05) is 5.39 Å². The topological polar surface area (TPSA) is 12.9 Å². The van der Waals surface area contributed by atoms with Gasteiger partial charge in [0.2, 0.25) is 0 Å². The van der Waals surface area contributed by atoms with Gasteiger partial charge in [0.05, 0.1) is 5.52 Å². The number of benzene rings is 1. The molecular weight excluding hydrogens is 196 g/mol. The van der Waals surface area contributed by atoms with Crippen LogP contribution in [0.2, 0.25) is 5.15 Å². The summed E-state index contributed by atoms with van der Waals surface area (Å²) in [4.78, 5) is 3.69. The van der Waals surface area contributed by atoms with Crippen molar-refractivity contribution in [3.05, 3.63) is 41.1 Å². The Bertz CT molecular complexity index is 470. The average molecular weight is 200 g/mol. The van der Waals surface area contributed by atoms with Crippen LogP contribution in [0.15, 0.2) is 24.3 Å². The Morgan fingerprint density at radius 3 is 2.54 bits per heavy atom. The molecule has 0 N–H and O–H groups in total. The summed E-state index contributed by atoms with van der Waals surface area (Å²) in [5.41, 5.74) is 0.353. The number of para-hydroxylation sites is 1. The largest absolute Gasteiger partial charge is 0.233 e. The summed E-state index contributed by atoms with van der Waals surface area (Å²) in [5, 5.41) is -0.291. The van der Waals surface area contributed by atoms with E-state index in [4.69, 9.17) is 11.6 Å². The van der Waals surface area contributed by atoms with Crippen LogP contribution in [0.5, 0.6) is 0 Å². The summed E-state index contributed by atoms with van der Waals surface area (Å²) < 4.78 is 26.1. The molecule has 4 heteroatoms. The van der Waals surface area contributed by atoms with Crippen molar-refractivity contribution in [2.45, 2.75) is 0 Å². The molecule has 0 aliphatic heterocycles. The molecule has 1 heterocycles. The molecule has 0 fully saturated rings. The van der Waals surface area contributed by atoms with Gasteiger partial charge in [0.25, 0.3) is 0 Å². The Hall–Kier alpha value is -1.22. The molecule has 1 nitrogen and oxygen atoms in total. The van der Waals surface area contributed by atoms with Crippen molar-refractivity contribution in [2.24, 2.45) is 0 Å². The quantitative estimate of drug-likeness (QED) is 0.594. The molecule has 0 aliphatic carbocycles. The average Bonchev–Trinajstić information content (AvgIpc) is 2.15. The summed E-state index contributed by atoms with van der Waals surface area (Å²) in [7, 11) is 0. The van der Waals surface area contributed by atoms with E-state index in [-0.39, 0.29) is 5.39 Å². The van der Waals surface area contributed by atoms with Gasteiger partial charge in [-0.3, -0.25) is 0 Å². The van der Waals surface area contributed by atoms with Crippen LogP contribution in [0.3, 0.4) is 0 Å². The lowest BCUT2D eigenvalue weighted by atomic mass is 10.2. The van der Waals surface area contributed by atoms with Gasteiger partial charge >= 0.3 is 0 Å². The second-order valence-corrected chi connectivity index (χ2v) is 2.91. The highest BCUT2D eigenvalue weighted by Crippen LogP contribution is 2.22. The monoisotopic (exact) mass is 199 g/mol. The number of halogens is 3. The lowest BCUT2D eigenvalue weighted by Crippen LogP contribution is -1.91. The predicted molar refractivity (Wildman–Crippen MR) is 46.7 cm³/mol. The van der Waals surface area contributed by atoms with Crippen molar-refractivity contribution < 1.29 is 8.78 Å². The summed E-state index contributed by atoms with van der Waals surface area (Å²) in [5.74, 6) is -2.05. The number of aromatic nitrogens is 1. The highest BCUT2D eigenvalue weighted by Gasteiger charge is 2.12. The molecule has 0 saturated carbocycles. The number of hydrogen-bond acceptors (Lipinski definition) is 1. The molecule has 0 saturated heterocycles. The molecule has 66 valence electrons. The molecule has 0 spiro atoms. The first-order valence-corrected chi connectivity index (χ1v) is 3.97. The van der Waals surface area contributed by atoms with Gasteiger partial charge in [-0.2, -0.15) is 0 Å². The normalized spacial score (nSPS) is 10.7. The molecule has 1 aromatic carbocycles. The fraction of sp³-hybridized carbons (Fsp3) is 0. The third-order valence-electron chi connectivity index (χ3n) is 1.73. The Balaban J connectivity index is 2.94. The molecule has 2 aromatic rings. The van der Waals surface area contributed by atoms with Crippen LogP contribution in [0.1, 0.15) is 0 Å². The number of fused-ring (bicyclic) bond motifs is 1. The van der Waals surface area contributed by atoms with Crippen molar-refractivity contribution in [2.75, 3.05) is 0 Å². The van der Waals surface area contributed by atoms with Crippen molar-refractivity contribution in [1.82, 2.24) is 4.98 Å². The number of hydrogen-bond donors (Lipinski definition) is 0. The lowest BCUT2D eigenvalue weighted by Gasteiger charge is -2.00. The SMILES string of the molecule is Fc1c(Cl)nc2ccccc2c1F. The highest BCUT2D eigenvalue weighted by atomic mass is 35.5. The molecule has 13 heavy (non-hydrogen) atoms. The molecule has 1 aromatic heterocycles. The minimum atomic E-state index is -1.10. The smallest absolute Gasteiger partial charge is 0.196 e. The van der Waals surface area contributed by atoms with E-state index in [9.17, 15) is 8.78 Å². The van der Waals surface area contributed by atoms with Crippen molar-refractivity contribution in [3.8, 4) is 0 Å². The molecular formula is C9H4ClF2N. The Morgan fingerprint density at radius 1 is 1.08 bits per heavy atom. The van der Waals surface area contributed by atoms with Crippen LogP contribution in [0, 0.1) is 11.6 Å². The molecule has 0 aliphatic rings. The van der Waals surface area contributed by atoms with E-state index < -0.39 is 16.8 Å². The van der Waals surface area contributed by atoms with E-state index in [0.29, 0.717) is 5.52 Å². The van der Waals surface area contributed by atoms with E-state index in [0.717, 1.165) is 0 Å². The fourth-order valence-electron chi connectivity index (χ4n) is 1.12. The third kappa shape index (κ3) is 1.25. The maximum absolute atomic E-state index is 13.2. The second kappa shape index (κ2) is 2.92. The zero-order chi connectivity index (χ0) is 9.42. The van der Waals surface area contributed by atoms with Crippen LogP contribution < -0.4 is 0 Å². The number of pyridine rings is 1. The third-order valence-corrected chi connectivity index (χ3v) is 1.98. The van der Waals surface area contributed by atoms with Crippen molar-refractivity contribution in [3.63, 3.8) is 0 Å². The first-order valence-electron chi connectivity index (χ1n) is 3.59. The number of rotatable bonds is 0. The summed E-state index contributed by atoms with van der Waals surface area (Å²) in [6, 6.07) is 6.32. The van der Waals surface area contributed by atoms with E-state index in [1.807, 2.05) is 0 Å². The Labute approximate surface area is 78.0 Å². The van der Waals surface area contributed by atoms with Gasteiger partial charge < -0.3 is 0 Å². The van der Waals surface area contributed by atoms with Crippen LogP contribution >= 0.6 is 11.6 Å². The van der Waals surface area contributed by atoms with Gasteiger partial charge in [0.1, 0.15) is 0 Å². The zero-order valence-electron chi connectivity index (χ0n) is 6.39. The zero-order valence-corrected chi connectivity index (χ0v) is 7.15. The fourth-order valence-corrected chi connectivity index (χ4v) is 1.29. The standard InChI is InChI=1S/C9H4ClF2N/c10-9-8(12)7(11)5-3-1-2-4-6(5)13-9/h1-4H. The molecule has 0 atom stereocenters. The molecule has 2 rings (SSSR count). The highest BCUT2D eigenvalue weighted by molar-refractivity contribution is 6.30. The van der Waals surface area contributed by atoms with Gasteiger partial charge in [0.15, 0.2) is 16.8 Å². The van der Waals surface area contributed by atoms with E-state index in [1.54, 1.807) is 18.2 Å². The van der Waals surface area contributed by atoms with Crippen molar-refractivity contribution >= 4 is 22.5 Å². The van der Waals surface area contributed by atoms with Gasteiger partial charge in [-0.25, -0.2) is 13.8 Å². The Morgan fingerprint density at radius 2 is 1.77 bits per heavy atom. The van der Waals surface area contributed by atoms with Gasteiger partial charge in [-0.1, -0.05) is 23.7 Å². The molecule has 0 unspecified atom stereocenters. The second-order valence-electron chi connectivity index (χ2n) is 2.55. The predicted octanol–water partition coefficient (Wildman–Crippen LogP) is 3.17. The molecule has 0 amide bonds. The van der Waals surface area contributed by atoms with Crippen LogP contribution in [-0.2, 0) is 0 Å².